The molecule has 0 bridgehead atoms. The Bertz CT molecular complexity index is 2200. The summed E-state index contributed by atoms with van der Waals surface area (Å²) in [5, 5.41) is -10.1. The third-order valence-corrected chi connectivity index (χ3v) is 26.9. The maximum Gasteiger partial charge on any atom is 0.157 e. The lowest BCUT2D eigenvalue weighted by Crippen LogP contribution is -2.81. The predicted octanol–water partition coefficient (Wildman–Crippen LogP) is 7.88. The fourth-order valence-corrected chi connectivity index (χ4v) is 16.2. The van der Waals surface area contributed by atoms with E-state index in [9.17, 15) is 0 Å². The quantitative estimate of drug-likeness (QED) is 0.0610. The molecule has 0 unspecified atom stereocenters. The fourth-order valence-electron chi connectivity index (χ4n) is 8.42. The van der Waals surface area contributed by atoms with Crippen LogP contribution in [0.4, 0.5) is 70.2 Å². The van der Waals surface area contributed by atoms with Gasteiger partial charge in [0.05, 0.1) is 38.1 Å². The molecular weight excluding hydrogens is 1000 g/mol. The monoisotopic (exact) mass is 1060 g/mol. The number of rotatable bonds is 16. The van der Waals surface area contributed by atoms with Crippen molar-refractivity contribution in [3.63, 3.8) is 0 Å². The van der Waals surface area contributed by atoms with Crippen molar-refractivity contribution < 1.29 is 70.2 Å². The average molecular weight is 1060 g/mol. The van der Waals surface area contributed by atoms with E-state index < -0.39 is 224 Å². The summed E-state index contributed by atoms with van der Waals surface area (Å²) in [6.45, 7) is 24.0. The van der Waals surface area contributed by atoms with Crippen LogP contribution in [0.2, 0.25) is 20.2 Å². The molecule has 4 rings (SSSR count). The lowest BCUT2D eigenvalue weighted by atomic mass is 9.12. The molecule has 0 radical (unpaired) electrons. The van der Waals surface area contributed by atoms with Gasteiger partial charge in [0.1, 0.15) is 52.7 Å². The van der Waals surface area contributed by atoms with Crippen molar-refractivity contribution in [3.05, 3.63) is 93.1 Å². The molecule has 384 valence electrons. The van der Waals surface area contributed by atoms with Crippen LogP contribution in [-0.4, -0.2) is 44.2 Å². The molecular formula is C48H60BF16Si4-. The molecule has 0 N–H and O–H groups in total. The molecule has 0 heterocycles. The fraction of sp³-hybridized carbons (Fsp3) is 0.500. The van der Waals surface area contributed by atoms with E-state index in [1.807, 2.05) is 0 Å². The first-order chi connectivity index (χ1) is 31.2. The zero-order chi connectivity index (χ0) is 53.5. The third kappa shape index (κ3) is 9.85. The Balaban J connectivity index is 2.64. The summed E-state index contributed by atoms with van der Waals surface area (Å²) in [5.41, 5.74) is -11.5. The second kappa shape index (κ2) is 20.0. The zero-order valence-corrected chi connectivity index (χ0v) is 47.4. The molecule has 0 nitrogen and oxygen atoms in total. The van der Waals surface area contributed by atoms with Gasteiger partial charge in [-0.2, -0.15) is 0 Å². The second-order valence-corrected chi connectivity index (χ2v) is 34.3. The van der Waals surface area contributed by atoms with Crippen LogP contribution in [-0.2, 0) is 0 Å². The minimum absolute atomic E-state index is 0.484. The van der Waals surface area contributed by atoms with E-state index in [1.165, 1.54) is 55.4 Å². The predicted molar refractivity (Wildman–Crippen MR) is 258 cm³/mol. The minimum atomic E-state index is -6.70. The van der Waals surface area contributed by atoms with Gasteiger partial charge >= 0.3 is 0 Å². The van der Waals surface area contributed by atoms with E-state index in [-0.39, 0.29) is 0 Å². The third-order valence-electron chi connectivity index (χ3n) is 16.1. The Labute approximate surface area is 403 Å². The van der Waals surface area contributed by atoms with E-state index in [0.717, 1.165) is 0 Å². The molecule has 21 heteroatoms. The summed E-state index contributed by atoms with van der Waals surface area (Å²) < 4.78 is 276. The van der Waals surface area contributed by atoms with Crippen molar-refractivity contribution in [2.75, 3.05) is 0 Å². The van der Waals surface area contributed by atoms with Crippen LogP contribution in [0.3, 0.4) is 0 Å². The molecule has 0 amide bonds. The van der Waals surface area contributed by atoms with Crippen LogP contribution >= 0.6 is 0 Å². The van der Waals surface area contributed by atoms with Gasteiger partial charge < -0.3 is 0 Å². The molecule has 0 aliphatic rings. The second-order valence-electron chi connectivity index (χ2n) is 22.7. The van der Waals surface area contributed by atoms with E-state index in [0.29, 0.717) is 0 Å². The largest absolute Gasteiger partial charge is 0.207 e. The van der Waals surface area contributed by atoms with E-state index in [1.54, 1.807) is 55.4 Å². The van der Waals surface area contributed by atoms with Crippen LogP contribution < -0.4 is 42.6 Å². The Kier molecular flexibility index (Phi) is 16.8. The molecule has 0 aliphatic heterocycles. The summed E-state index contributed by atoms with van der Waals surface area (Å²) in [5.74, 6) is -45.7. The molecule has 0 atom stereocenters. The van der Waals surface area contributed by atoms with Crippen LogP contribution in [0, 0.1) is 117 Å². The topological polar surface area (TPSA) is 0 Å². The molecule has 0 aliphatic carbocycles. The van der Waals surface area contributed by atoms with Gasteiger partial charge in [-0.15, -0.1) is 21.9 Å². The van der Waals surface area contributed by atoms with Gasteiger partial charge in [-0.25, -0.2) is 70.2 Å². The number of hydrogen-bond acceptors (Lipinski definition) is 0. The Hall–Kier alpha value is -3.31. The Morgan fingerprint density at radius 1 is 0.246 bits per heavy atom. The molecule has 0 saturated heterocycles. The molecule has 0 spiro atoms. The average Bonchev–Trinajstić information content (AvgIpc) is 3.24. The highest BCUT2D eigenvalue weighted by atomic mass is 28.2. The van der Waals surface area contributed by atoms with Crippen LogP contribution in [0.1, 0.15) is 111 Å². The van der Waals surface area contributed by atoms with Crippen molar-refractivity contribution in [1.82, 2.24) is 0 Å². The highest BCUT2D eigenvalue weighted by molar-refractivity contribution is 7.20. The summed E-state index contributed by atoms with van der Waals surface area (Å²) in [4.78, 5) is 0. The number of halogens is 16. The number of benzene rings is 4. The van der Waals surface area contributed by atoms with Gasteiger partial charge in [0.25, 0.3) is 0 Å². The minimum Gasteiger partial charge on any atom is -0.207 e. The molecule has 4 aromatic carbocycles. The van der Waals surface area contributed by atoms with Crippen molar-refractivity contribution in [2.24, 2.45) is 23.7 Å². The van der Waals surface area contributed by atoms with E-state index in [4.69, 9.17) is 0 Å². The normalized spacial score (nSPS) is 14.8. The van der Waals surface area contributed by atoms with Crippen LogP contribution in [0.25, 0.3) is 0 Å². The SMILES string of the molecule is CC(C)C(C)(C)[SiH2]c1c(F)c(F)c([B-](c2c(F)c(F)c([SiH2]C(C)(C)C(C)C)c(F)c2F)(c2c(F)c(F)c([SiH2]C(C)(C)C(C)C)c(F)c2F)c2c(F)c(F)c([SiH2]C(C)(C)C(C)C)c(F)c2F)c(F)c1F. The van der Waals surface area contributed by atoms with Crippen molar-refractivity contribution >= 4 is 86.8 Å². The highest BCUT2D eigenvalue weighted by Crippen LogP contribution is 2.38. The van der Waals surface area contributed by atoms with Crippen molar-refractivity contribution in [3.8, 4) is 0 Å². The Morgan fingerprint density at radius 2 is 0.362 bits per heavy atom. The van der Waals surface area contributed by atoms with Gasteiger partial charge in [0, 0.05) is 20.7 Å². The summed E-state index contributed by atoms with van der Waals surface area (Å²) in [7, 11) is -10.7. The maximum atomic E-state index is 17.6. The number of hydrogen-bond donors (Lipinski definition) is 0. The summed E-state index contributed by atoms with van der Waals surface area (Å²) in [6.07, 6.45) is -6.70. The Morgan fingerprint density at radius 3 is 0.464 bits per heavy atom. The first kappa shape index (κ1) is 58.3. The lowest BCUT2D eigenvalue weighted by Gasteiger charge is -2.46. The van der Waals surface area contributed by atoms with E-state index >= 15 is 70.2 Å². The van der Waals surface area contributed by atoms with Crippen molar-refractivity contribution in [2.45, 2.75) is 131 Å². The van der Waals surface area contributed by atoms with Gasteiger partial charge in [-0.05, 0) is 43.8 Å². The van der Waals surface area contributed by atoms with E-state index in [2.05, 4.69) is 0 Å². The molecule has 0 aromatic heterocycles. The first-order valence-corrected chi connectivity index (χ1v) is 28.4. The van der Waals surface area contributed by atoms with Crippen LogP contribution in [0.5, 0.6) is 0 Å². The van der Waals surface area contributed by atoms with Gasteiger partial charge in [0.15, 0.2) is 46.5 Å². The van der Waals surface area contributed by atoms with Gasteiger partial charge in [-0.3, -0.25) is 0 Å². The first-order valence-electron chi connectivity index (χ1n) is 22.8. The van der Waals surface area contributed by atoms with Crippen molar-refractivity contribution in [1.29, 1.82) is 0 Å². The maximum absolute atomic E-state index is 17.6. The molecule has 0 fully saturated rings. The summed E-state index contributed by atoms with van der Waals surface area (Å²) in [6, 6.07) is 0. The van der Waals surface area contributed by atoms with Crippen LogP contribution in [0.15, 0.2) is 0 Å². The zero-order valence-electron chi connectivity index (χ0n) is 41.8. The highest BCUT2D eigenvalue weighted by Gasteiger charge is 2.53. The van der Waals surface area contributed by atoms with Gasteiger partial charge in [0.2, 0.25) is 0 Å². The standard InChI is InChI=1S/C48H60BF16Si4/c1-17(2)45(9,10)66-41-33(58)25(50)21(26(51)34(41)59)49(22-27(52)35(60)42(36(61)28(22)53)67-46(11,12)18(3)4,23-29(54)37(62)43(38(63)30(23)55)68-47(13,14)19(5)6)24-31(56)39(64)44(40(65)32(24)57)69-48(15,16)20(7)8/h17-20H,66-69H2,1-16H3/q-1. The molecule has 0 saturated carbocycles. The molecule has 69 heavy (non-hydrogen) atoms. The van der Waals surface area contributed by atoms with Gasteiger partial charge in [-0.1, -0.05) is 111 Å². The lowest BCUT2D eigenvalue weighted by molar-refractivity contribution is 0.454. The summed E-state index contributed by atoms with van der Waals surface area (Å²) >= 11 is 0. The molecule has 4 aromatic rings. The smallest absolute Gasteiger partial charge is 0.157 e.